The Morgan fingerprint density at radius 1 is 1.46 bits per heavy atom. The summed E-state index contributed by atoms with van der Waals surface area (Å²) in [6, 6.07) is 3.62. The standard InChI is InChI=1S/C9H7BrN2O/c1-5-7(10)3-2-6-8(5)11-4-12-9(6)13/h2-4H,1H3,(H,11,12,13). The smallest absolute Gasteiger partial charge is 0.258 e. The van der Waals surface area contributed by atoms with E-state index in [1.807, 2.05) is 13.0 Å². The molecule has 0 aliphatic rings. The molecule has 0 aliphatic carbocycles. The number of hydrogen-bond acceptors (Lipinski definition) is 2. The van der Waals surface area contributed by atoms with Crippen molar-refractivity contribution >= 4 is 26.8 Å². The van der Waals surface area contributed by atoms with E-state index in [0.29, 0.717) is 5.39 Å². The second-order valence-corrected chi connectivity index (χ2v) is 3.65. The van der Waals surface area contributed by atoms with Gasteiger partial charge >= 0.3 is 0 Å². The van der Waals surface area contributed by atoms with Crippen LogP contribution in [0.4, 0.5) is 0 Å². The molecule has 0 bridgehead atoms. The molecule has 0 aliphatic heterocycles. The highest BCUT2D eigenvalue weighted by molar-refractivity contribution is 9.10. The molecule has 2 aromatic rings. The Balaban J connectivity index is 3.03. The van der Waals surface area contributed by atoms with Gasteiger partial charge in [-0.25, -0.2) is 4.98 Å². The first kappa shape index (κ1) is 8.44. The zero-order valence-corrected chi connectivity index (χ0v) is 8.55. The number of H-pyrrole nitrogens is 1. The van der Waals surface area contributed by atoms with E-state index in [4.69, 9.17) is 0 Å². The first-order valence-corrected chi connectivity index (χ1v) is 4.62. The molecular formula is C9H7BrN2O. The zero-order chi connectivity index (χ0) is 9.42. The Labute approximate surface area is 82.9 Å². The minimum Gasteiger partial charge on any atom is -0.313 e. The molecule has 0 spiro atoms. The van der Waals surface area contributed by atoms with E-state index < -0.39 is 0 Å². The first-order chi connectivity index (χ1) is 6.20. The van der Waals surface area contributed by atoms with E-state index in [0.717, 1.165) is 15.6 Å². The van der Waals surface area contributed by atoms with Crippen LogP contribution in [0.3, 0.4) is 0 Å². The molecule has 0 atom stereocenters. The minimum atomic E-state index is -0.0967. The van der Waals surface area contributed by atoms with Gasteiger partial charge < -0.3 is 4.98 Å². The number of hydrogen-bond donors (Lipinski definition) is 1. The van der Waals surface area contributed by atoms with Crippen molar-refractivity contribution in [1.29, 1.82) is 0 Å². The molecule has 1 aromatic heterocycles. The van der Waals surface area contributed by atoms with Gasteiger partial charge in [0.15, 0.2) is 0 Å². The lowest BCUT2D eigenvalue weighted by atomic mass is 10.1. The summed E-state index contributed by atoms with van der Waals surface area (Å²) >= 11 is 3.39. The van der Waals surface area contributed by atoms with E-state index in [2.05, 4.69) is 25.9 Å². The van der Waals surface area contributed by atoms with Crippen molar-refractivity contribution in [2.75, 3.05) is 0 Å². The van der Waals surface area contributed by atoms with Gasteiger partial charge in [-0.05, 0) is 24.6 Å². The molecule has 1 aromatic carbocycles. The summed E-state index contributed by atoms with van der Waals surface area (Å²) in [7, 11) is 0. The maximum atomic E-state index is 11.3. The Bertz CT molecular complexity index is 518. The van der Waals surface area contributed by atoms with Crippen LogP contribution >= 0.6 is 15.9 Å². The lowest BCUT2D eigenvalue weighted by Crippen LogP contribution is -2.06. The quantitative estimate of drug-likeness (QED) is 0.764. The molecule has 0 fully saturated rings. The number of aryl methyl sites for hydroxylation is 1. The summed E-state index contributed by atoms with van der Waals surface area (Å²) in [5.41, 5.74) is 1.64. The van der Waals surface area contributed by atoms with Gasteiger partial charge in [0.1, 0.15) is 0 Å². The molecule has 2 rings (SSSR count). The molecule has 13 heavy (non-hydrogen) atoms. The molecule has 3 nitrogen and oxygen atoms in total. The largest absolute Gasteiger partial charge is 0.313 e. The molecule has 1 heterocycles. The van der Waals surface area contributed by atoms with Crippen LogP contribution < -0.4 is 5.56 Å². The van der Waals surface area contributed by atoms with Crippen molar-refractivity contribution in [1.82, 2.24) is 9.97 Å². The van der Waals surface area contributed by atoms with Gasteiger partial charge in [0.2, 0.25) is 0 Å². The van der Waals surface area contributed by atoms with Gasteiger partial charge in [-0.2, -0.15) is 0 Å². The highest BCUT2D eigenvalue weighted by Gasteiger charge is 2.04. The molecular weight excluding hydrogens is 232 g/mol. The number of rotatable bonds is 0. The first-order valence-electron chi connectivity index (χ1n) is 3.82. The van der Waals surface area contributed by atoms with Crippen LogP contribution in [-0.4, -0.2) is 9.97 Å². The fraction of sp³-hybridized carbons (Fsp3) is 0.111. The van der Waals surface area contributed by atoms with Crippen molar-refractivity contribution in [3.63, 3.8) is 0 Å². The van der Waals surface area contributed by atoms with Crippen molar-refractivity contribution in [3.05, 3.63) is 38.9 Å². The maximum Gasteiger partial charge on any atom is 0.258 e. The Kier molecular flexibility index (Phi) is 1.92. The van der Waals surface area contributed by atoms with Crippen LogP contribution in [0.5, 0.6) is 0 Å². The van der Waals surface area contributed by atoms with Crippen molar-refractivity contribution in [3.8, 4) is 0 Å². The van der Waals surface area contributed by atoms with Crippen LogP contribution in [-0.2, 0) is 0 Å². The number of nitrogens with zero attached hydrogens (tertiary/aromatic N) is 1. The number of aromatic amines is 1. The minimum absolute atomic E-state index is 0.0967. The number of aromatic nitrogens is 2. The molecule has 4 heteroatoms. The second kappa shape index (κ2) is 2.96. The predicted molar refractivity (Wildman–Crippen MR) is 54.8 cm³/mol. The van der Waals surface area contributed by atoms with Gasteiger partial charge in [-0.3, -0.25) is 4.79 Å². The summed E-state index contributed by atoms with van der Waals surface area (Å²) in [6.07, 6.45) is 1.42. The Morgan fingerprint density at radius 2 is 2.23 bits per heavy atom. The topological polar surface area (TPSA) is 45.8 Å². The highest BCUT2D eigenvalue weighted by atomic mass is 79.9. The van der Waals surface area contributed by atoms with Crippen LogP contribution in [0.25, 0.3) is 10.9 Å². The number of halogens is 1. The SMILES string of the molecule is Cc1c(Br)ccc2c(=O)[nH]cnc12. The van der Waals surface area contributed by atoms with Crippen molar-refractivity contribution in [2.45, 2.75) is 6.92 Å². The van der Waals surface area contributed by atoms with Crippen LogP contribution in [0.1, 0.15) is 5.56 Å². The van der Waals surface area contributed by atoms with E-state index in [-0.39, 0.29) is 5.56 Å². The van der Waals surface area contributed by atoms with Crippen LogP contribution in [0.15, 0.2) is 27.7 Å². The van der Waals surface area contributed by atoms with Gasteiger partial charge in [0.05, 0.1) is 17.2 Å². The molecule has 0 unspecified atom stereocenters. The maximum absolute atomic E-state index is 11.3. The normalized spacial score (nSPS) is 10.6. The van der Waals surface area contributed by atoms with E-state index >= 15 is 0 Å². The average molecular weight is 239 g/mol. The highest BCUT2D eigenvalue weighted by Crippen LogP contribution is 2.21. The lowest BCUT2D eigenvalue weighted by molar-refractivity contribution is 1.16. The predicted octanol–water partition coefficient (Wildman–Crippen LogP) is 1.99. The van der Waals surface area contributed by atoms with Gasteiger partial charge in [0, 0.05) is 4.47 Å². The van der Waals surface area contributed by atoms with Gasteiger partial charge in [-0.15, -0.1) is 0 Å². The summed E-state index contributed by atoms with van der Waals surface area (Å²) in [5.74, 6) is 0. The van der Waals surface area contributed by atoms with Crippen LogP contribution in [0.2, 0.25) is 0 Å². The molecule has 1 N–H and O–H groups in total. The summed E-state index contributed by atoms with van der Waals surface area (Å²) in [4.78, 5) is 18.0. The van der Waals surface area contributed by atoms with E-state index in [9.17, 15) is 4.79 Å². The molecule has 66 valence electrons. The molecule has 0 saturated carbocycles. The number of nitrogens with one attached hydrogen (secondary N) is 1. The zero-order valence-electron chi connectivity index (χ0n) is 6.97. The molecule has 0 amide bonds. The second-order valence-electron chi connectivity index (χ2n) is 2.80. The average Bonchev–Trinajstić information content (AvgIpc) is 2.12. The number of fused-ring (bicyclic) bond motifs is 1. The van der Waals surface area contributed by atoms with E-state index in [1.165, 1.54) is 6.33 Å². The monoisotopic (exact) mass is 238 g/mol. The Hall–Kier alpha value is -1.16. The third kappa shape index (κ3) is 1.27. The lowest BCUT2D eigenvalue weighted by Gasteiger charge is -2.01. The fourth-order valence-corrected chi connectivity index (χ4v) is 1.58. The fourth-order valence-electron chi connectivity index (χ4n) is 1.26. The third-order valence-corrected chi connectivity index (χ3v) is 2.86. The van der Waals surface area contributed by atoms with Crippen LogP contribution in [0, 0.1) is 6.92 Å². The van der Waals surface area contributed by atoms with Gasteiger partial charge in [0.25, 0.3) is 5.56 Å². The third-order valence-electron chi connectivity index (χ3n) is 2.00. The van der Waals surface area contributed by atoms with Crippen molar-refractivity contribution < 1.29 is 0 Å². The number of benzene rings is 1. The molecule has 0 saturated heterocycles. The van der Waals surface area contributed by atoms with Gasteiger partial charge in [-0.1, -0.05) is 15.9 Å². The summed E-state index contributed by atoms with van der Waals surface area (Å²) in [5, 5.41) is 0.628. The molecule has 0 radical (unpaired) electrons. The van der Waals surface area contributed by atoms with Crippen molar-refractivity contribution in [2.24, 2.45) is 0 Å². The Morgan fingerprint density at radius 3 is 3.00 bits per heavy atom. The summed E-state index contributed by atoms with van der Waals surface area (Å²) < 4.78 is 0.970. The van der Waals surface area contributed by atoms with E-state index in [1.54, 1.807) is 6.07 Å². The summed E-state index contributed by atoms with van der Waals surface area (Å²) in [6.45, 7) is 1.93.